The monoisotopic (exact) mass is 215 g/mol. The van der Waals surface area contributed by atoms with Crippen LogP contribution >= 0.6 is 0 Å². The molecule has 0 heterocycles. The standard InChI is InChI=1S/C11H25N3O/c1-8(2)11(4,5)7-13-6-9(3)10(12)14-15/h8-9,13,15H,6-7H2,1-5H3,(H2,12,14). The van der Waals surface area contributed by atoms with Gasteiger partial charge in [0.15, 0.2) is 0 Å². The quantitative estimate of drug-likeness (QED) is 0.273. The van der Waals surface area contributed by atoms with Crippen molar-refractivity contribution in [3.8, 4) is 0 Å². The Balaban J connectivity index is 3.90. The zero-order chi connectivity index (χ0) is 12.1. The van der Waals surface area contributed by atoms with E-state index in [4.69, 9.17) is 10.9 Å². The largest absolute Gasteiger partial charge is 0.409 e. The molecule has 15 heavy (non-hydrogen) atoms. The van der Waals surface area contributed by atoms with Crippen LogP contribution in [0.3, 0.4) is 0 Å². The Hall–Kier alpha value is -0.770. The molecule has 0 aliphatic carbocycles. The summed E-state index contributed by atoms with van der Waals surface area (Å²) in [5, 5.41) is 14.8. The fourth-order valence-electron chi connectivity index (χ4n) is 1.02. The molecule has 0 rings (SSSR count). The van der Waals surface area contributed by atoms with Crippen LogP contribution in [0.5, 0.6) is 0 Å². The van der Waals surface area contributed by atoms with Crippen molar-refractivity contribution < 1.29 is 5.21 Å². The SMILES string of the molecule is CC(CNCC(C)(C)C(C)C)C(N)=NO. The first kappa shape index (κ1) is 14.2. The number of oxime groups is 1. The number of nitrogens with one attached hydrogen (secondary N) is 1. The molecule has 0 aromatic heterocycles. The van der Waals surface area contributed by atoms with Gasteiger partial charge in [-0.25, -0.2) is 0 Å². The molecule has 0 radical (unpaired) electrons. The fourth-order valence-corrected chi connectivity index (χ4v) is 1.02. The van der Waals surface area contributed by atoms with E-state index in [1.54, 1.807) is 0 Å². The zero-order valence-electron chi connectivity index (χ0n) is 10.5. The number of nitrogens with zero attached hydrogens (tertiary/aromatic N) is 1. The Morgan fingerprint density at radius 1 is 1.40 bits per heavy atom. The molecule has 4 nitrogen and oxygen atoms in total. The zero-order valence-corrected chi connectivity index (χ0v) is 10.5. The van der Waals surface area contributed by atoms with Gasteiger partial charge in [0.25, 0.3) is 0 Å². The highest BCUT2D eigenvalue weighted by molar-refractivity contribution is 5.82. The molecule has 0 aromatic carbocycles. The van der Waals surface area contributed by atoms with Gasteiger partial charge in [0.05, 0.1) is 0 Å². The third-order valence-corrected chi connectivity index (χ3v) is 3.21. The van der Waals surface area contributed by atoms with Crippen LogP contribution in [0.25, 0.3) is 0 Å². The van der Waals surface area contributed by atoms with Crippen molar-refractivity contribution in [2.75, 3.05) is 13.1 Å². The molecule has 0 amide bonds. The Morgan fingerprint density at radius 3 is 2.33 bits per heavy atom. The van der Waals surface area contributed by atoms with E-state index in [1.165, 1.54) is 0 Å². The summed E-state index contributed by atoms with van der Waals surface area (Å²) in [6.45, 7) is 12.5. The minimum absolute atomic E-state index is 0.0676. The summed E-state index contributed by atoms with van der Waals surface area (Å²) < 4.78 is 0. The van der Waals surface area contributed by atoms with Gasteiger partial charge < -0.3 is 16.3 Å². The summed E-state index contributed by atoms with van der Waals surface area (Å²) in [7, 11) is 0. The van der Waals surface area contributed by atoms with Gasteiger partial charge in [0.1, 0.15) is 5.84 Å². The predicted molar refractivity (Wildman–Crippen MR) is 64.1 cm³/mol. The minimum Gasteiger partial charge on any atom is -0.409 e. The van der Waals surface area contributed by atoms with Crippen LogP contribution < -0.4 is 11.1 Å². The molecular formula is C11H25N3O. The van der Waals surface area contributed by atoms with Crippen molar-refractivity contribution in [1.29, 1.82) is 0 Å². The minimum atomic E-state index is 0.0676. The van der Waals surface area contributed by atoms with Gasteiger partial charge in [-0.3, -0.25) is 0 Å². The molecule has 90 valence electrons. The molecule has 4 heteroatoms. The number of hydrogen-bond acceptors (Lipinski definition) is 3. The van der Waals surface area contributed by atoms with Crippen LogP contribution in [0.2, 0.25) is 0 Å². The van der Waals surface area contributed by atoms with Crippen molar-refractivity contribution in [2.45, 2.75) is 34.6 Å². The first-order valence-electron chi connectivity index (χ1n) is 5.49. The lowest BCUT2D eigenvalue weighted by atomic mass is 9.81. The van der Waals surface area contributed by atoms with E-state index in [-0.39, 0.29) is 17.2 Å². The number of amidine groups is 1. The summed E-state index contributed by atoms with van der Waals surface area (Å²) in [6.07, 6.45) is 0. The molecule has 0 saturated heterocycles. The highest BCUT2D eigenvalue weighted by Gasteiger charge is 2.22. The molecule has 1 unspecified atom stereocenters. The maximum Gasteiger partial charge on any atom is 0.143 e. The van der Waals surface area contributed by atoms with Gasteiger partial charge in [-0.2, -0.15) is 0 Å². The van der Waals surface area contributed by atoms with E-state index in [0.717, 1.165) is 13.1 Å². The van der Waals surface area contributed by atoms with Crippen LogP contribution in [0.4, 0.5) is 0 Å². The second-order valence-corrected chi connectivity index (χ2v) is 5.20. The van der Waals surface area contributed by atoms with Gasteiger partial charge >= 0.3 is 0 Å². The smallest absolute Gasteiger partial charge is 0.143 e. The normalized spacial score (nSPS) is 15.7. The highest BCUT2D eigenvalue weighted by atomic mass is 16.4. The average molecular weight is 215 g/mol. The van der Waals surface area contributed by atoms with Crippen LogP contribution in [0.15, 0.2) is 5.16 Å². The second-order valence-electron chi connectivity index (χ2n) is 5.20. The summed E-state index contributed by atoms with van der Waals surface area (Å²) >= 11 is 0. The van der Waals surface area contributed by atoms with Crippen molar-refractivity contribution >= 4 is 5.84 Å². The van der Waals surface area contributed by atoms with E-state index in [2.05, 4.69) is 38.2 Å². The molecule has 1 atom stereocenters. The molecule has 0 bridgehead atoms. The van der Waals surface area contributed by atoms with Crippen LogP contribution in [-0.2, 0) is 0 Å². The first-order valence-corrected chi connectivity index (χ1v) is 5.49. The van der Waals surface area contributed by atoms with E-state index in [1.807, 2.05) is 6.92 Å². The summed E-state index contributed by atoms with van der Waals surface area (Å²) in [4.78, 5) is 0. The maximum absolute atomic E-state index is 8.49. The summed E-state index contributed by atoms with van der Waals surface area (Å²) in [6, 6.07) is 0. The Morgan fingerprint density at radius 2 is 1.93 bits per heavy atom. The summed E-state index contributed by atoms with van der Waals surface area (Å²) in [5.41, 5.74) is 5.75. The van der Waals surface area contributed by atoms with Crippen molar-refractivity contribution in [1.82, 2.24) is 5.32 Å². The lowest BCUT2D eigenvalue weighted by Crippen LogP contribution is -2.38. The van der Waals surface area contributed by atoms with Crippen LogP contribution in [0.1, 0.15) is 34.6 Å². The third kappa shape index (κ3) is 5.02. The Bertz CT molecular complexity index is 212. The van der Waals surface area contributed by atoms with Crippen molar-refractivity contribution in [3.05, 3.63) is 0 Å². The van der Waals surface area contributed by atoms with Crippen molar-refractivity contribution in [2.24, 2.45) is 28.1 Å². The molecule has 0 saturated carbocycles. The molecule has 0 aliphatic heterocycles. The van der Waals surface area contributed by atoms with Gasteiger partial charge in [-0.15, -0.1) is 0 Å². The predicted octanol–water partition coefficient (Wildman–Crippen LogP) is 1.64. The van der Waals surface area contributed by atoms with Crippen LogP contribution in [-0.4, -0.2) is 24.1 Å². The van der Waals surface area contributed by atoms with Gasteiger partial charge in [-0.1, -0.05) is 39.8 Å². The molecule has 0 spiro atoms. The van der Waals surface area contributed by atoms with Gasteiger partial charge in [0, 0.05) is 19.0 Å². The molecular weight excluding hydrogens is 190 g/mol. The fraction of sp³-hybridized carbons (Fsp3) is 0.909. The van der Waals surface area contributed by atoms with E-state index < -0.39 is 0 Å². The number of hydrogen-bond donors (Lipinski definition) is 3. The van der Waals surface area contributed by atoms with Crippen molar-refractivity contribution in [3.63, 3.8) is 0 Å². The Labute approximate surface area is 92.9 Å². The molecule has 4 N–H and O–H groups in total. The number of nitrogens with two attached hydrogens (primary N) is 1. The van der Waals surface area contributed by atoms with Crippen LogP contribution in [0, 0.1) is 17.3 Å². The lowest BCUT2D eigenvalue weighted by Gasteiger charge is -2.30. The first-order chi connectivity index (χ1) is 6.81. The third-order valence-electron chi connectivity index (χ3n) is 3.21. The molecule has 0 aromatic rings. The molecule has 0 aliphatic rings. The van der Waals surface area contributed by atoms with E-state index in [9.17, 15) is 0 Å². The Kier molecular flexibility index (Phi) is 5.65. The topological polar surface area (TPSA) is 70.6 Å². The van der Waals surface area contributed by atoms with Gasteiger partial charge in [0.2, 0.25) is 0 Å². The average Bonchev–Trinajstić information content (AvgIpc) is 2.15. The highest BCUT2D eigenvalue weighted by Crippen LogP contribution is 2.24. The maximum atomic E-state index is 8.49. The number of rotatable bonds is 6. The second kappa shape index (κ2) is 5.95. The molecule has 0 fully saturated rings. The van der Waals surface area contributed by atoms with Gasteiger partial charge in [-0.05, 0) is 11.3 Å². The van der Waals surface area contributed by atoms with E-state index >= 15 is 0 Å². The lowest BCUT2D eigenvalue weighted by molar-refractivity contribution is 0.236. The summed E-state index contributed by atoms with van der Waals surface area (Å²) in [5.74, 6) is 0.979. The van der Waals surface area contributed by atoms with E-state index in [0.29, 0.717) is 5.92 Å².